The van der Waals surface area contributed by atoms with Crippen molar-refractivity contribution in [3.63, 3.8) is 0 Å². The zero-order valence-corrected chi connectivity index (χ0v) is 18.2. The lowest BCUT2D eigenvalue weighted by Crippen LogP contribution is -2.28. The van der Waals surface area contributed by atoms with Gasteiger partial charge in [0.2, 0.25) is 0 Å². The van der Waals surface area contributed by atoms with E-state index in [1.165, 1.54) is 11.8 Å². The number of rotatable bonds is 3. The molecule has 1 heterocycles. The number of carbonyl (C=O) groups excluding carboxylic acids is 1. The number of hydrogen-bond donors (Lipinski definition) is 1. The van der Waals surface area contributed by atoms with Crippen LogP contribution in [0.15, 0.2) is 76.6 Å². The minimum atomic E-state index is -0.123. The summed E-state index contributed by atoms with van der Waals surface area (Å²) >= 11 is 7.49. The number of nitrogens with two attached hydrogens (primary N) is 1. The van der Waals surface area contributed by atoms with Crippen molar-refractivity contribution in [1.29, 1.82) is 0 Å². The molecular formula is C24H20ClN3OS. The van der Waals surface area contributed by atoms with Crippen LogP contribution in [0.2, 0.25) is 5.02 Å². The van der Waals surface area contributed by atoms with Crippen molar-refractivity contribution < 1.29 is 4.79 Å². The second-order valence-corrected chi connectivity index (χ2v) is 8.51. The molecule has 30 heavy (non-hydrogen) atoms. The van der Waals surface area contributed by atoms with Gasteiger partial charge in [-0.25, -0.2) is 4.99 Å². The fraction of sp³-hybridized carbons (Fsp3) is 0.0833. The Hall–Kier alpha value is -3.02. The second kappa shape index (κ2) is 8.38. The fourth-order valence-corrected chi connectivity index (χ4v) is 4.17. The topological polar surface area (TPSA) is 58.7 Å². The Morgan fingerprint density at radius 1 is 0.967 bits per heavy atom. The maximum absolute atomic E-state index is 13.3. The van der Waals surface area contributed by atoms with Gasteiger partial charge in [-0.3, -0.25) is 9.69 Å². The van der Waals surface area contributed by atoms with E-state index >= 15 is 0 Å². The van der Waals surface area contributed by atoms with Gasteiger partial charge in [-0.05, 0) is 73.6 Å². The van der Waals surface area contributed by atoms with Crippen LogP contribution in [0.1, 0.15) is 16.7 Å². The lowest BCUT2D eigenvalue weighted by atomic mass is 10.2. The number of halogens is 1. The number of amidine groups is 1. The van der Waals surface area contributed by atoms with Crippen LogP contribution in [-0.2, 0) is 4.79 Å². The zero-order chi connectivity index (χ0) is 21.3. The molecule has 0 saturated carbocycles. The third kappa shape index (κ3) is 4.27. The predicted octanol–water partition coefficient (Wildman–Crippen LogP) is 6.35. The zero-order valence-electron chi connectivity index (χ0n) is 16.6. The molecule has 0 aromatic heterocycles. The van der Waals surface area contributed by atoms with Gasteiger partial charge < -0.3 is 5.73 Å². The van der Waals surface area contributed by atoms with Crippen LogP contribution in [0.3, 0.4) is 0 Å². The smallest absolute Gasteiger partial charge is 0.271 e. The molecule has 1 aliphatic heterocycles. The molecule has 1 saturated heterocycles. The number of anilines is 2. The van der Waals surface area contributed by atoms with Gasteiger partial charge in [0.25, 0.3) is 5.91 Å². The van der Waals surface area contributed by atoms with Crippen molar-refractivity contribution in [3.05, 3.63) is 93.3 Å². The summed E-state index contributed by atoms with van der Waals surface area (Å²) in [6.45, 7) is 4.05. The van der Waals surface area contributed by atoms with Crippen molar-refractivity contribution in [2.75, 3.05) is 10.6 Å². The molecule has 0 unspecified atom stereocenters. The summed E-state index contributed by atoms with van der Waals surface area (Å²) in [4.78, 5) is 20.3. The normalized spacial score (nSPS) is 16.6. The molecule has 1 aliphatic rings. The van der Waals surface area contributed by atoms with Gasteiger partial charge in [-0.15, -0.1) is 0 Å². The van der Waals surface area contributed by atoms with E-state index in [-0.39, 0.29) is 5.91 Å². The molecule has 0 aliphatic carbocycles. The molecule has 0 atom stereocenters. The molecule has 0 spiro atoms. The Bertz CT molecular complexity index is 1170. The number of aliphatic imine (C=N–C) groups is 1. The first kappa shape index (κ1) is 20.3. The molecule has 1 amide bonds. The van der Waals surface area contributed by atoms with Crippen LogP contribution in [-0.4, -0.2) is 11.1 Å². The van der Waals surface area contributed by atoms with E-state index < -0.39 is 0 Å². The van der Waals surface area contributed by atoms with E-state index in [4.69, 9.17) is 22.3 Å². The van der Waals surface area contributed by atoms with Gasteiger partial charge in [0.05, 0.1) is 27.0 Å². The summed E-state index contributed by atoms with van der Waals surface area (Å²) in [5, 5.41) is 1.07. The first-order valence-electron chi connectivity index (χ1n) is 9.42. The average Bonchev–Trinajstić information content (AvgIpc) is 3.02. The number of benzene rings is 3. The number of carbonyl (C=O) groups is 1. The molecular weight excluding hydrogens is 414 g/mol. The predicted molar refractivity (Wildman–Crippen MR) is 128 cm³/mol. The Labute approximate surface area is 185 Å². The first-order valence-corrected chi connectivity index (χ1v) is 10.6. The molecule has 4 rings (SSSR count). The van der Waals surface area contributed by atoms with Crippen molar-refractivity contribution in [2.24, 2.45) is 4.99 Å². The Balaban J connectivity index is 1.77. The van der Waals surface area contributed by atoms with Crippen molar-refractivity contribution in [3.8, 4) is 0 Å². The lowest BCUT2D eigenvalue weighted by Gasteiger charge is -2.16. The highest BCUT2D eigenvalue weighted by molar-refractivity contribution is 8.19. The Morgan fingerprint density at radius 2 is 1.60 bits per heavy atom. The second-order valence-electron chi connectivity index (χ2n) is 7.10. The van der Waals surface area contributed by atoms with E-state index in [1.54, 1.807) is 17.0 Å². The van der Waals surface area contributed by atoms with Crippen LogP contribution in [0.4, 0.5) is 17.1 Å². The van der Waals surface area contributed by atoms with E-state index in [9.17, 15) is 4.79 Å². The molecule has 1 fully saturated rings. The van der Waals surface area contributed by atoms with Crippen LogP contribution >= 0.6 is 23.4 Å². The summed E-state index contributed by atoms with van der Waals surface area (Å²) in [5.41, 5.74) is 11.0. The average molecular weight is 434 g/mol. The Morgan fingerprint density at radius 3 is 2.23 bits per heavy atom. The van der Waals surface area contributed by atoms with Gasteiger partial charge in [-0.1, -0.05) is 53.1 Å². The third-order valence-corrected chi connectivity index (χ3v) is 5.98. The highest BCUT2D eigenvalue weighted by atomic mass is 35.5. The molecule has 0 radical (unpaired) electrons. The standard InChI is InChI=1S/C24H20ClN3OS/c1-15-3-8-18(9-4-15)27-24-28(19-10-5-16(2)6-11-19)23(29)22(30-24)14-17-7-12-21(26)20(25)13-17/h3-14H,26H2,1-2H3/b22-14-,27-24-. The number of aryl methyl sites for hydroxylation is 2. The van der Waals surface area contributed by atoms with E-state index in [2.05, 4.69) is 0 Å². The van der Waals surface area contributed by atoms with Gasteiger partial charge in [0, 0.05) is 0 Å². The summed E-state index contributed by atoms with van der Waals surface area (Å²) in [6.07, 6.45) is 1.82. The molecule has 150 valence electrons. The minimum absolute atomic E-state index is 0.123. The summed E-state index contributed by atoms with van der Waals surface area (Å²) in [6, 6.07) is 21.1. The number of thioether (sulfide) groups is 1. The van der Waals surface area contributed by atoms with E-state index in [1.807, 2.05) is 74.5 Å². The Kier molecular flexibility index (Phi) is 5.66. The van der Waals surface area contributed by atoms with Gasteiger partial charge in [-0.2, -0.15) is 0 Å². The van der Waals surface area contributed by atoms with E-state index in [0.29, 0.717) is 20.8 Å². The number of hydrogen-bond acceptors (Lipinski definition) is 4. The van der Waals surface area contributed by atoms with Gasteiger partial charge in [0.15, 0.2) is 5.17 Å². The van der Waals surface area contributed by atoms with Crippen LogP contribution in [0, 0.1) is 13.8 Å². The highest BCUT2D eigenvalue weighted by Crippen LogP contribution is 2.37. The number of nitrogens with zero attached hydrogens (tertiary/aromatic N) is 2. The van der Waals surface area contributed by atoms with Crippen molar-refractivity contribution in [1.82, 2.24) is 0 Å². The van der Waals surface area contributed by atoms with E-state index in [0.717, 1.165) is 28.1 Å². The van der Waals surface area contributed by atoms with Crippen LogP contribution in [0.5, 0.6) is 0 Å². The summed E-state index contributed by atoms with van der Waals surface area (Å²) in [5.74, 6) is -0.123. The van der Waals surface area contributed by atoms with Gasteiger partial charge in [0.1, 0.15) is 0 Å². The largest absolute Gasteiger partial charge is 0.398 e. The summed E-state index contributed by atoms with van der Waals surface area (Å²) < 4.78 is 0. The first-order chi connectivity index (χ1) is 14.4. The molecule has 2 N–H and O–H groups in total. The molecule has 0 bridgehead atoms. The number of nitrogen functional groups attached to an aromatic ring is 1. The molecule has 4 nitrogen and oxygen atoms in total. The highest BCUT2D eigenvalue weighted by Gasteiger charge is 2.34. The van der Waals surface area contributed by atoms with Crippen molar-refractivity contribution in [2.45, 2.75) is 13.8 Å². The fourth-order valence-electron chi connectivity index (χ4n) is 2.98. The van der Waals surface area contributed by atoms with Crippen LogP contribution in [0.25, 0.3) is 6.08 Å². The molecule has 3 aromatic carbocycles. The van der Waals surface area contributed by atoms with Crippen molar-refractivity contribution >= 4 is 57.6 Å². The lowest BCUT2D eigenvalue weighted by molar-refractivity contribution is -0.113. The molecule has 6 heteroatoms. The maximum atomic E-state index is 13.3. The summed E-state index contributed by atoms with van der Waals surface area (Å²) in [7, 11) is 0. The minimum Gasteiger partial charge on any atom is -0.398 e. The quantitative estimate of drug-likeness (QED) is 0.387. The maximum Gasteiger partial charge on any atom is 0.271 e. The number of amides is 1. The molecule has 3 aromatic rings. The van der Waals surface area contributed by atoms with Gasteiger partial charge >= 0.3 is 0 Å². The SMILES string of the molecule is Cc1ccc(/N=C2\S/C(=C\c3ccc(N)c(Cl)c3)C(=O)N2c2ccc(C)cc2)cc1. The third-order valence-electron chi connectivity index (χ3n) is 4.68. The monoisotopic (exact) mass is 433 g/mol. The van der Waals surface area contributed by atoms with Crippen LogP contribution < -0.4 is 10.6 Å².